The van der Waals surface area contributed by atoms with Crippen molar-refractivity contribution in [2.45, 2.75) is 27.7 Å². The van der Waals surface area contributed by atoms with Crippen LogP contribution >= 0.6 is 0 Å². The Labute approximate surface area is 184 Å². The molecule has 3 nitrogen and oxygen atoms in total. The molecule has 0 atom stereocenters. The van der Waals surface area contributed by atoms with Gasteiger partial charge in [-0.25, -0.2) is 0 Å². The van der Waals surface area contributed by atoms with Gasteiger partial charge in [0.05, 0.1) is 11.4 Å². The predicted molar refractivity (Wildman–Crippen MR) is 132 cm³/mol. The van der Waals surface area contributed by atoms with Gasteiger partial charge in [-0.15, -0.1) is 0 Å². The molecule has 0 unspecified atom stereocenters. The molecule has 4 aromatic carbocycles. The molecule has 0 aliphatic rings. The summed E-state index contributed by atoms with van der Waals surface area (Å²) in [6, 6.07) is 24.3. The molecule has 0 aromatic heterocycles. The fourth-order valence-electron chi connectivity index (χ4n) is 4.30. The van der Waals surface area contributed by atoms with Crippen molar-refractivity contribution >= 4 is 11.4 Å². The first-order valence-electron chi connectivity index (χ1n) is 10.5. The summed E-state index contributed by atoms with van der Waals surface area (Å²) in [5.41, 5.74) is 23.3. The van der Waals surface area contributed by atoms with Crippen LogP contribution in [0.4, 0.5) is 11.4 Å². The van der Waals surface area contributed by atoms with Crippen LogP contribution in [0.25, 0.3) is 22.3 Å². The fraction of sp³-hybridized carbons (Fsp3) is 0.143. The number of hydrogen-bond acceptors (Lipinski definition) is 3. The molecule has 0 saturated heterocycles. The molecule has 4 N–H and O–H groups in total. The Bertz CT molecular complexity index is 1130. The summed E-state index contributed by atoms with van der Waals surface area (Å²) in [6.07, 6.45) is 0. The number of aryl methyl sites for hydroxylation is 4. The van der Waals surface area contributed by atoms with E-state index in [1.807, 2.05) is 36.4 Å². The van der Waals surface area contributed by atoms with E-state index in [1.54, 1.807) is 0 Å². The molecule has 3 heteroatoms. The molecule has 0 amide bonds. The number of benzene rings is 4. The molecule has 31 heavy (non-hydrogen) atoms. The average Bonchev–Trinajstić information content (AvgIpc) is 2.73. The third-order valence-electron chi connectivity index (χ3n) is 5.85. The van der Waals surface area contributed by atoms with E-state index < -0.39 is 0 Å². The lowest BCUT2D eigenvalue weighted by Gasteiger charge is -2.18. The van der Waals surface area contributed by atoms with Crippen LogP contribution in [-0.4, -0.2) is 0 Å². The predicted octanol–water partition coefficient (Wildman–Crippen LogP) is 7.21. The van der Waals surface area contributed by atoms with Crippen LogP contribution in [0.3, 0.4) is 0 Å². The quantitative estimate of drug-likeness (QED) is 0.351. The maximum Gasteiger partial charge on any atom is 0.151 e. The topological polar surface area (TPSA) is 61.3 Å². The molecule has 156 valence electrons. The third-order valence-corrected chi connectivity index (χ3v) is 5.85. The lowest BCUT2D eigenvalue weighted by molar-refractivity contribution is 0.488. The van der Waals surface area contributed by atoms with Gasteiger partial charge in [0, 0.05) is 11.1 Å². The van der Waals surface area contributed by atoms with Crippen molar-refractivity contribution in [2.75, 3.05) is 11.5 Å². The van der Waals surface area contributed by atoms with Gasteiger partial charge in [-0.1, -0.05) is 60.7 Å². The van der Waals surface area contributed by atoms with Gasteiger partial charge >= 0.3 is 0 Å². The molecule has 4 rings (SSSR count). The fourth-order valence-corrected chi connectivity index (χ4v) is 4.30. The summed E-state index contributed by atoms with van der Waals surface area (Å²) in [5, 5.41) is 0. The number of ether oxygens (including phenoxy) is 1. The second-order valence-corrected chi connectivity index (χ2v) is 8.07. The Kier molecular flexibility index (Phi) is 5.43. The molecule has 0 spiro atoms. The van der Waals surface area contributed by atoms with E-state index in [-0.39, 0.29) is 0 Å². The number of para-hydroxylation sites is 2. The van der Waals surface area contributed by atoms with E-state index in [1.165, 1.54) is 22.3 Å². The van der Waals surface area contributed by atoms with E-state index in [9.17, 15) is 0 Å². The van der Waals surface area contributed by atoms with Crippen molar-refractivity contribution in [1.82, 2.24) is 0 Å². The Balaban J connectivity index is 1.78. The van der Waals surface area contributed by atoms with Gasteiger partial charge in [-0.3, -0.25) is 0 Å². The highest BCUT2D eigenvalue weighted by Crippen LogP contribution is 2.42. The molecule has 0 radical (unpaired) electrons. The molecule has 0 saturated carbocycles. The van der Waals surface area contributed by atoms with Crippen LogP contribution in [0.5, 0.6) is 11.5 Å². The first-order valence-corrected chi connectivity index (χ1v) is 10.5. The van der Waals surface area contributed by atoms with Gasteiger partial charge in [0.15, 0.2) is 11.5 Å². The van der Waals surface area contributed by atoms with Crippen LogP contribution in [0, 0.1) is 27.7 Å². The number of nitrogen functional groups attached to an aromatic ring is 2. The Hall–Kier alpha value is -3.72. The van der Waals surface area contributed by atoms with E-state index >= 15 is 0 Å². The minimum atomic E-state index is 0.602. The van der Waals surface area contributed by atoms with Gasteiger partial charge in [0.2, 0.25) is 0 Å². The van der Waals surface area contributed by atoms with Crippen molar-refractivity contribution in [3.05, 3.63) is 95.1 Å². The smallest absolute Gasteiger partial charge is 0.151 e. The maximum absolute atomic E-state index is 6.58. The zero-order valence-corrected chi connectivity index (χ0v) is 18.5. The van der Waals surface area contributed by atoms with Crippen molar-refractivity contribution in [3.63, 3.8) is 0 Å². The highest BCUT2D eigenvalue weighted by molar-refractivity contribution is 5.86. The second-order valence-electron chi connectivity index (χ2n) is 8.07. The number of anilines is 2. The van der Waals surface area contributed by atoms with Crippen LogP contribution in [0.15, 0.2) is 72.8 Å². The van der Waals surface area contributed by atoms with Gasteiger partial charge in [-0.05, 0) is 73.2 Å². The summed E-state index contributed by atoms with van der Waals surface area (Å²) in [5.74, 6) is 1.20. The molecule has 0 aliphatic heterocycles. The van der Waals surface area contributed by atoms with E-state index in [4.69, 9.17) is 16.2 Å². The maximum atomic E-state index is 6.58. The summed E-state index contributed by atoms with van der Waals surface area (Å²) < 4.78 is 6.27. The first kappa shape index (κ1) is 20.5. The van der Waals surface area contributed by atoms with Crippen LogP contribution in [0.1, 0.15) is 22.3 Å². The minimum Gasteiger partial charge on any atom is -0.453 e. The number of nitrogens with two attached hydrogens (primary N) is 2. The number of hydrogen-bond donors (Lipinski definition) is 2. The molecule has 0 heterocycles. The van der Waals surface area contributed by atoms with Gasteiger partial charge in [0.1, 0.15) is 0 Å². The standard InChI is InChI=1S/C28H28N2O/c1-17-9-5-10-18(2)25(17)21-13-7-15-23(27(21)29)31-24-16-8-14-22(28(24)30)26-19(3)11-6-12-20(26)4/h5-16H,29-30H2,1-4H3. The van der Waals surface area contributed by atoms with Gasteiger partial charge in [0.25, 0.3) is 0 Å². The monoisotopic (exact) mass is 408 g/mol. The van der Waals surface area contributed by atoms with E-state index in [0.29, 0.717) is 22.9 Å². The zero-order chi connectivity index (χ0) is 22.1. The highest BCUT2D eigenvalue weighted by Gasteiger charge is 2.16. The van der Waals surface area contributed by atoms with Crippen LogP contribution in [-0.2, 0) is 0 Å². The van der Waals surface area contributed by atoms with Gasteiger partial charge in [-0.2, -0.15) is 0 Å². The molecule has 0 bridgehead atoms. The van der Waals surface area contributed by atoms with Crippen LogP contribution in [0.2, 0.25) is 0 Å². The van der Waals surface area contributed by atoms with Crippen molar-refractivity contribution < 1.29 is 4.74 Å². The molecular weight excluding hydrogens is 380 g/mol. The zero-order valence-electron chi connectivity index (χ0n) is 18.5. The third kappa shape index (κ3) is 3.75. The number of rotatable bonds is 4. The summed E-state index contributed by atoms with van der Waals surface area (Å²) in [6.45, 7) is 8.39. The highest BCUT2D eigenvalue weighted by atomic mass is 16.5. The first-order chi connectivity index (χ1) is 14.9. The average molecular weight is 409 g/mol. The summed E-state index contributed by atoms with van der Waals surface area (Å²) in [4.78, 5) is 0. The van der Waals surface area contributed by atoms with E-state index in [0.717, 1.165) is 22.3 Å². The lowest BCUT2D eigenvalue weighted by Crippen LogP contribution is -2.00. The van der Waals surface area contributed by atoms with Crippen LogP contribution < -0.4 is 16.2 Å². The Morgan fingerprint density at radius 3 is 1.16 bits per heavy atom. The molecular formula is C28H28N2O. The molecule has 4 aromatic rings. The molecule has 0 aliphatic carbocycles. The largest absolute Gasteiger partial charge is 0.453 e. The Morgan fingerprint density at radius 1 is 0.484 bits per heavy atom. The lowest BCUT2D eigenvalue weighted by atomic mass is 9.94. The van der Waals surface area contributed by atoms with Crippen molar-refractivity contribution in [1.29, 1.82) is 0 Å². The summed E-state index contributed by atoms with van der Waals surface area (Å²) >= 11 is 0. The summed E-state index contributed by atoms with van der Waals surface area (Å²) in [7, 11) is 0. The van der Waals surface area contributed by atoms with Crippen molar-refractivity contribution in [2.24, 2.45) is 0 Å². The van der Waals surface area contributed by atoms with Crippen molar-refractivity contribution in [3.8, 4) is 33.8 Å². The minimum absolute atomic E-state index is 0.602. The van der Waals surface area contributed by atoms with Gasteiger partial charge < -0.3 is 16.2 Å². The SMILES string of the molecule is Cc1cccc(C)c1-c1cccc(Oc2cccc(-c3c(C)cccc3C)c2N)c1N. The van der Waals surface area contributed by atoms with E-state index in [2.05, 4.69) is 64.1 Å². The normalized spacial score (nSPS) is 10.8. The Morgan fingerprint density at radius 2 is 0.806 bits per heavy atom. The molecule has 0 fully saturated rings. The second kappa shape index (κ2) is 8.19.